The molecule has 0 saturated heterocycles. The zero-order valence-electron chi connectivity index (χ0n) is 14.5. The van der Waals surface area contributed by atoms with Gasteiger partial charge >= 0.3 is 0 Å². The highest BCUT2D eigenvalue weighted by Gasteiger charge is 2.17. The molecule has 5 nitrogen and oxygen atoms in total. The molecule has 1 amide bonds. The summed E-state index contributed by atoms with van der Waals surface area (Å²) in [4.78, 5) is 17.2. The standard InChI is InChI=1S/C20H17FN4O/c1-3-25-19-15(11-13-9-8-12(2)10-17(13)22-19)18(24-25)23-20(26)14-6-4-5-7-16(14)21/h4-11H,3H2,1-2H3,(H,23,24,26). The van der Waals surface area contributed by atoms with E-state index in [2.05, 4.69) is 10.4 Å². The molecule has 0 atom stereocenters. The molecule has 0 unspecified atom stereocenters. The van der Waals surface area contributed by atoms with Crippen LogP contribution in [0, 0.1) is 12.7 Å². The first-order chi connectivity index (χ1) is 12.6. The second kappa shape index (κ2) is 6.22. The summed E-state index contributed by atoms with van der Waals surface area (Å²) in [6.07, 6.45) is 0. The fraction of sp³-hybridized carbons (Fsp3) is 0.150. The number of hydrogen-bond acceptors (Lipinski definition) is 3. The van der Waals surface area contributed by atoms with E-state index in [0.29, 0.717) is 18.0 Å². The molecule has 1 N–H and O–H groups in total. The molecular formula is C20H17FN4O. The summed E-state index contributed by atoms with van der Waals surface area (Å²) in [6.45, 7) is 4.58. The highest BCUT2D eigenvalue weighted by Crippen LogP contribution is 2.27. The SMILES string of the molecule is CCn1nc(NC(=O)c2ccccc2F)c2cc3ccc(C)cc3nc21. The van der Waals surface area contributed by atoms with Gasteiger partial charge in [0.1, 0.15) is 5.82 Å². The molecule has 130 valence electrons. The van der Waals surface area contributed by atoms with Crippen molar-refractivity contribution in [3.8, 4) is 0 Å². The minimum atomic E-state index is -0.566. The Morgan fingerprint density at radius 2 is 2.00 bits per heavy atom. The van der Waals surface area contributed by atoms with Crippen LogP contribution >= 0.6 is 0 Å². The third-order valence-corrected chi connectivity index (χ3v) is 4.32. The maximum Gasteiger partial charge on any atom is 0.259 e. The number of pyridine rings is 1. The Morgan fingerprint density at radius 1 is 1.19 bits per heavy atom. The van der Waals surface area contributed by atoms with Gasteiger partial charge in [-0.2, -0.15) is 5.10 Å². The fourth-order valence-electron chi connectivity index (χ4n) is 2.99. The number of aryl methyl sites for hydroxylation is 2. The number of benzene rings is 2. The first-order valence-corrected chi connectivity index (χ1v) is 8.40. The molecule has 2 aromatic carbocycles. The van der Waals surface area contributed by atoms with Crippen LogP contribution in [0.3, 0.4) is 0 Å². The molecule has 0 bridgehead atoms. The first-order valence-electron chi connectivity index (χ1n) is 8.40. The van der Waals surface area contributed by atoms with Crippen molar-refractivity contribution in [2.75, 3.05) is 5.32 Å². The molecule has 0 radical (unpaired) electrons. The third-order valence-electron chi connectivity index (χ3n) is 4.32. The molecule has 0 aliphatic rings. The molecule has 2 aromatic heterocycles. The Labute approximate surface area is 149 Å². The van der Waals surface area contributed by atoms with Gasteiger partial charge in [0.15, 0.2) is 11.5 Å². The topological polar surface area (TPSA) is 59.8 Å². The van der Waals surface area contributed by atoms with E-state index in [1.165, 1.54) is 12.1 Å². The highest BCUT2D eigenvalue weighted by atomic mass is 19.1. The number of rotatable bonds is 3. The maximum atomic E-state index is 13.9. The van der Waals surface area contributed by atoms with Crippen LogP contribution in [0.25, 0.3) is 21.9 Å². The number of carbonyl (C=O) groups is 1. The lowest BCUT2D eigenvalue weighted by atomic mass is 10.1. The predicted octanol–water partition coefficient (Wildman–Crippen LogP) is 4.30. The van der Waals surface area contributed by atoms with Gasteiger partial charge in [0.2, 0.25) is 0 Å². The summed E-state index contributed by atoms with van der Waals surface area (Å²) in [6, 6.07) is 13.8. The van der Waals surface area contributed by atoms with Crippen molar-refractivity contribution in [3.05, 3.63) is 65.5 Å². The van der Waals surface area contributed by atoms with E-state index < -0.39 is 11.7 Å². The number of nitrogens with one attached hydrogen (secondary N) is 1. The van der Waals surface area contributed by atoms with Crippen molar-refractivity contribution in [2.45, 2.75) is 20.4 Å². The van der Waals surface area contributed by atoms with Gasteiger partial charge in [-0.3, -0.25) is 4.79 Å². The fourth-order valence-corrected chi connectivity index (χ4v) is 2.99. The molecule has 0 fully saturated rings. The van der Waals surface area contributed by atoms with Crippen LogP contribution in [0.5, 0.6) is 0 Å². The first kappa shape index (κ1) is 16.2. The van der Waals surface area contributed by atoms with Crippen LogP contribution in [0.15, 0.2) is 48.5 Å². The van der Waals surface area contributed by atoms with Crippen LogP contribution in [0.4, 0.5) is 10.2 Å². The minimum Gasteiger partial charge on any atom is -0.304 e. The van der Waals surface area contributed by atoms with Gasteiger partial charge in [0.25, 0.3) is 5.91 Å². The Balaban J connectivity index is 1.83. The van der Waals surface area contributed by atoms with Crippen LogP contribution in [-0.2, 0) is 6.54 Å². The summed E-state index contributed by atoms with van der Waals surface area (Å²) >= 11 is 0. The lowest BCUT2D eigenvalue weighted by Crippen LogP contribution is -2.14. The zero-order chi connectivity index (χ0) is 18.3. The van der Waals surface area contributed by atoms with E-state index in [9.17, 15) is 9.18 Å². The van der Waals surface area contributed by atoms with Crippen LogP contribution in [0.1, 0.15) is 22.8 Å². The number of halogens is 1. The molecule has 6 heteroatoms. The van der Waals surface area contributed by atoms with Crippen molar-refractivity contribution in [1.29, 1.82) is 0 Å². The van der Waals surface area contributed by atoms with Crippen LogP contribution in [-0.4, -0.2) is 20.7 Å². The molecule has 4 aromatic rings. The third kappa shape index (κ3) is 2.69. The largest absolute Gasteiger partial charge is 0.304 e. The Kier molecular flexibility index (Phi) is 3.88. The molecule has 0 spiro atoms. The van der Waals surface area contributed by atoms with E-state index in [0.717, 1.165) is 21.9 Å². The number of carbonyl (C=O) groups excluding carboxylic acids is 1. The number of amides is 1. The monoisotopic (exact) mass is 348 g/mol. The Hall–Kier alpha value is -3.28. The summed E-state index contributed by atoms with van der Waals surface area (Å²) in [5.41, 5.74) is 2.67. The smallest absolute Gasteiger partial charge is 0.259 e. The second-order valence-corrected chi connectivity index (χ2v) is 6.15. The number of nitrogens with zero attached hydrogens (tertiary/aromatic N) is 3. The lowest BCUT2D eigenvalue weighted by Gasteiger charge is -2.04. The Morgan fingerprint density at radius 3 is 2.77 bits per heavy atom. The summed E-state index contributed by atoms with van der Waals surface area (Å²) < 4.78 is 15.6. The minimum absolute atomic E-state index is 0.0175. The molecular weight excluding hydrogens is 331 g/mol. The van der Waals surface area contributed by atoms with E-state index in [-0.39, 0.29) is 5.56 Å². The maximum absolute atomic E-state index is 13.9. The number of anilines is 1. The molecule has 26 heavy (non-hydrogen) atoms. The molecule has 4 rings (SSSR count). The normalized spacial score (nSPS) is 11.2. The van der Waals surface area contributed by atoms with Gasteiger partial charge in [-0.05, 0) is 43.7 Å². The van der Waals surface area contributed by atoms with Gasteiger partial charge in [-0.15, -0.1) is 0 Å². The Bertz CT molecular complexity index is 1150. The average molecular weight is 348 g/mol. The number of fused-ring (bicyclic) bond motifs is 2. The molecule has 2 heterocycles. The van der Waals surface area contributed by atoms with E-state index in [4.69, 9.17) is 4.98 Å². The predicted molar refractivity (Wildman–Crippen MR) is 99.8 cm³/mol. The van der Waals surface area contributed by atoms with Gasteiger partial charge < -0.3 is 5.32 Å². The lowest BCUT2D eigenvalue weighted by molar-refractivity contribution is 0.102. The summed E-state index contributed by atoms with van der Waals surface area (Å²) in [5, 5.41) is 8.86. The quantitative estimate of drug-likeness (QED) is 0.600. The molecule has 0 saturated carbocycles. The van der Waals surface area contributed by atoms with Crippen molar-refractivity contribution in [1.82, 2.24) is 14.8 Å². The van der Waals surface area contributed by atoms with E-state index in [1.807, 2.05) is 38.1 Å². The summed E-state index contributed by atoms with van der Waals surface area (Å²) in [7, 11) is 0. The second-order valence-electron chi connectivity index (χ2n) is 6.15. The van der Waals surface area contributed by atoms with Crippen LogP contribution < -0.4 is 5.32 Å². The molecule has 0 aliphatic carbocycles. The van der Waals surface area contributed by atoms with Crippen LogP contribution in [0.2, 0.25) is 0 Å². The summed E-state index contributed by atoms with van der Waals surface area (Å²) in [5.74, 6) is -0.719. The van der Waals surface area contributed by atoms with Gasteiger partial charge in [-0.1, -0.05) is 24.3 Å². The van der Waals surface area contributed by atoms with E-state index >= 15 is 0 Å². The molecule has 0 aliphatic heterocycles. The van der Waals surface area contributed by atoms with Crippen molar-refractivity contribution >= 4 is 33.7 Å². The highest BCUT2D eigenvalue weighted by molar-refractivity contribution is 6.09. The van der Waals surface area contributed by atoms with Crippen molar-refractivity contribution in [2.24, 2.45) is 0 Å². The van der Waals surface area contributed by atoms with Crippen molar-refractivity contribution < 1.29 is 9.18 Å². The van der Waals surface area contributed by atoms with E-state index in [1.54, 1.807) is 16.8 Å². The number of hydrogen-bond donors (Lipinski definition) is 1. The zero-order valence-corrected chi connectivity index (χ0v) is 14.5. The van der Waals surface area contributed by atoms with Crippen molar-refractivity contribution in [3.63, 3.8) is 0 Å². The van der Waals surface area contributed by atoms with Gasteiger partial charge in [-0.25, -0.2) is 14.1 Å². The number of aromatic nitrogens is 3. The average Bonchev–Trinajstić information content (AvgIpc) is 2.96. The van der Waals surface area contributed by atoms with Gasteiger partial charge in [0, 0.05) is 11.9 Å². The van der Waals surface area contributed by atoms with Gasteiger partial charge in [0.05, 0.1) is 16.5 Å².